The molecule has 6 nitrogen and oxygen atoms in total. The van der Waals surface area contributed by atoms with Gasteiger partial charge in [0, 0.05) is 17.1 Å². The van der Waals surface area contributed by atoms with Crippen molar-refractivity contribution in [3.05, 3.63) is 66.2 Å². The van der Waals surface area contributed by atoms with E-state index in [9.17, 15) is 14.7 Å². The summed E-state index contributed by atoms with van der Waals surface area (Å²) in [6, 6.07) is 16.5. The predicted octanol–water partition coefficient (Wildman–Crippen LogP) is 3.85. The molecule has 0 heterocycles. The van der Waals surface area contributed by atoms with Crippen LogP contribution < -0.4 is 10.1 Å². The SMILES string of the molecule is O=C(Nc1ccc(C(=O)O)c(O)c1)Oc1cccc2ccccc12. The number of carboxylic acid groups (broad SMARTS) is 1. The van der Waals surface area contributed by atoms with Crippen molar-refractivity contribution in [2.45, 2.75) is 0 Å². The number of amides is 1. The number of aromatic carboxylic acids is 1. The number of carbonyl (C=O) groups is 2. The molecular formula is C18H13NO5. The van der Waals surface area contributed by atoms with E-state index < -0.39 is 17.8 Å². The van der Waals surface area contributed by atoms with Crippen LogP contribution in [0.1, 0.15) is 10.4 Å². The van der Waals surface area contributed by atoms with E-state index in [0.717, 1.165) is 16.8 Å². The van der Waals surface area contributed by atoms with E-state index in [-0.39, 0.29) is 11.3 Å². The Morgan fingerprint density at radius 1 is 0.958 bits per heavy atom. The molecular weight excluding hydrogens is 310 g/mol. The first kappa shape index (κ1) is 15.4. The molecule has 3 aromatic rings. The van der Waals surface area contributed by atoms with Crippen molar-refractivity contribution >= 4 is 28.5 Å². The molecule has 0 aliphatic rings. The van der Waals surface area contributed by atoms with E-state index >= 15 is 0 Å². The molecule has 1 amide bonds. The molecule has 3 N–H and O–H groups in total. The molecule has 6 heteroatoms. The van der Waals surface area contributed by atoms with Crippen molar-refractivity contribution in [1.29, 1.82) is 0 Å². The summed E-state index contributed by atoms with van der Waals surface area (Å²) in [4.78, 5) is 22.9. The van der Waals surface area contributed by atoms with E-state index in [1.807, 2.05) is 30.3 Å². The Hall–Kier alpha value is -3.54. The molecule has 0 aliphatic heterocycles. The second-order valence-corrected chi connectivity index (χ2v) is 5.03. The molecule has 0 saturated carbocycles. The number of anilines is 1. The van der Waals surface area contributed by atoms with Crippen LogP contribution in [0.25, 0.3) is 10.8 Å². The van der Waals surface area contributed by atoms with Crippen LogP contribution in [0.3, 0.4) is 0 Å². The van der Waals surface area contributed by atoms with Crippen molar-refractivity contribution in [3.63, 3.8) is 0 Å². The monoisotopic (exact) mass is 323 g/mol. The van der Waals surface area contributed by atoms with E-state index in [4.69, 9.17) is 9.84 Å². The Kier molecular flexibility index (Phi) is 4.03. The van der Waals surface area contributed by atoms with Crippen LogP contribution >= 0.6 is 0 Å². The van der Waals surface area contributed by atoms with Gasteiger partial charge in [-0.05, 0) is 23.6 Å². The fraction of sp³-hybridized carbons (Fsp3) is 0. The lowest BCUT2D eigenvalue weighted by Crippen LogP contribution is -2.17. The molecule has 120 valence electrons. The van der Waals surface area contributed by atoms with Crippen LogP contribution in [0.4, 0.5) is 10.5 Å². The number of hydrogen-bond donors (Lipinski definition) is 3. The lowest BCUT2D eigenvalue weighted by molar-refractivity contribution is 0.0693. The van der Waals surface area contributed by atoms with Gasteiger partial charge in [-0.3, -0.25) is 5.32 Å². The maximum Gasteiger partial charge on any atom is 0.417 e. The summed E-state index contributed by atoms with van der Waals surface area (Å²) in [7, 11) is 0. The highest BCUT2D eigenvalue weighted by Crippen LogP contribution is 2.26. The molecule has 0 atom stereocenters. The highest BCUT2D eigenvalue weighted by atomic mass is 16.6. The molecule has 24 heavy (non-hydrogen) atoms. The van der Waals surface area contributed by atoms with Crippen LogP contribution in [-0.4, -0.2) is 22.3 Å². The number of fused-ring (bicyclic) bond motifs is 1. The van der Waals surface area contributed by atoms with E-state index in [1.54, 1.807) is 12.1 Å². The van der Waals surface area contributed by atoms with Crippen molar-refractivity contribution in [3.8, 4) is 11.5 Å². The van der Waals surface area contributed by atoms with Crippen LogP contribution in [0.15, 0.2) is 60.7 Å². The normalized spacial score (nSPS) is 10.3. The van der Waals surface area contributed by atoms with Gasteiger partial charge in [-0.25, -0.2) is 9.59 Å². The van der Waals surface area contributed by atoms with Crippen LogP contribution in [0.5, 0.6) is 11.5 Å². The standard InChI is InChI=1S/C18H13NO5/c20-15-10-12(8-9-14(15)17(21)22)19-18(23)24-16-7-3-5-11-4-1-2-6-13(11)16/h1-10,20H,(H,19,23)(H,21,22). The van der Waals surface area contributed by atoms with Gasteiger partial charge in [0.05, 0.1) is 0 Å². The summed E-state index contributed by atoms with van der Waals surface area (Å²) in [6.07, 6.45) is -0.742. The number of hydrogen-bond acceptors (Lipinski definition) is 4. The van der Waals surface area contributed by atoms with Crippen molar-refractivity contribution in [2.75, 3.05) is 5.32 Å². The van der Waals surface area contributed by atoms with Gasteiger partial charge in [0.2, 0.25) is 0 Å². The minimum Gasteiger partial charge on any atom is -0.507 e. The lowest BCUT2D eigenvalue weighted by atomic mass is 10.1. The first-order valence-corrected chi connectivity index (χ1v) is 7.07. The third-order valence-electron chi connectivity index (χ3n) is 3.43. The number of benzene rings is 3. The number of nitrogens with one attached hydrogen (secondary N) is 1. The molecule has 3 aromatic carbocycles. The molecule has 0 saturated heterocycles. The smallest absolute Gasteiger partial charge is 0.417 e. The number of rotatable bonds is 3. The first-order valence-electron chi connectivity index (χ1n) is 7.07. The van der Waals surface area contributed by atoms with Gasteiger partial charge in [0.25, 0.3) is 0 Å². The summed E-state index contributed by atoms with van der Waals surface area (Å²) < 4.78 is 5.30. The van der Waals surface area contributed by atoms with Gasteiger partial charge in [-0.2, -0.15) is 0 Å². The number of carboxylic acids is 1. The third-order valence-corrected chi connectivity index (χ3v) is 3.43. The van der Waals surface area contributed by atoms with E-state index in [1.165, 1.54) is 12.1 Å². The van der Waals surface area contributed by atoms with Crippen molar-refractivity contribution in [2.24, 2.45) is 0 Å². The zero-order chi connectivity index (χ0) is 17.1. The average Bonchev–Trinajstić information content (AvgIpc) is 2.55. The fourth-order valence-corrected chi connectivity index (χ4v) is 2.32. The average molecular weight is 323 g/mol. The Bertz CT molecular complexity index is 930. The number of aromatic hydroxyl groups is 1. The number of phenols is 1. The minimum absolute atomic E-state index is 0.225. The molecule has 0 fully saturated rings. The molecule has 3 rings (SSSR count). The largest absolute Gasteiger partial charge is 0.507 e. The van der Waals surface area contributed by atoms with Gasteiger partial charge < -0.3 is 14.9 Å². The number of ether oxygens (including phenoxy) is 1. The topological polar surface area (TPSA) is 95.9 Å². The maximum absolute atomic E-state index is 12.0. The fourth-order valence-electron chi connectivity index (χ4n) is 2.32. The van der Waals surface area contributed by atoms with Crippen LogP contribution in [-0.2, 0) is 0 Å². The van der Waals surface area contributed by atoms with E-state index in [2.05, 4.69) is 5.32 Å². The quantitative estimate of drug-likeness (QED) is 0.680. The van der Waals surface area contributed by atoms with Crippen LogP contribution in [0, 0.1) is 0 Å². The van der Waals surface area contributed by atoms with Gasteiger partial charge >= 0.3 is 12.1 Å². The molecule has 0 bridgehead atoms. The van der Waals surface area contributed by atoms with Gasteiger partial charge in [-0.1, -0.05) is 36.4 Å². The highest BCUT2D eigenvalue weighted by molar-refractivity contribution is 5.95. The summed E-state index contributed by atoms with van der Waals surface area (Å²) in [6.45, 7) is 0. The summed E-state index contributed by atoms with van der Waals surface area (Å²) in [5.41, 5.74) is -0.0225. The Morgan fingerprint density at radius 3 is 2.46 bits per heavy atom. The summed E-state index contributed by atoms with van der Waals surface area (Å²) in [5, 5.41) is 22.7. The first-order chi connectivity index (χ1) is 11.5. The van der Waals surface area contributed by atoms with E-state index in [0.29, 0.717) is 5.75 Å². The molecule has 0 unspecified atom stereocenters. The predicted molar refractivity (Wildman–Crippen MR) is 88.7 cm³/mol. The van der Waals surface area contributed by atoms with Crippen molar-refractivity contribution in [1.82, 2.24) is 0 Å². The molecule has 0 aromatic heterocycles. The zero-order valence-corrected chi connectivity index (χ0v) is 12.4. The van der Waals surface area contributed by atoms with Crippen molar-refractivity contribution < 1.29 is 24.5 Å². The van der Waals surface area contributed by atoms with Crippen LogP contribution in [0.2, 0.25) is 0 Å². The minimum atomic E-state index is -1.25. The molecule has 0 aliphatic carbocycles. The lowest BCUT2D eigenvalue weighted by Gasteiger charge is -2.09. The molecule has 0 spiro atoms. The van der Waals surface area contributed by atoms with Gasteiger partial charge in [-0.15, -0.1) is 0 Å². The maximum atomic E-state index is 12.0. The highest BCUT2D eigenvalue weighted by Gasteiger charge is 2.12. The van der Waals surface area contributed by atoms with Gasteiger partial charge in [0.1, 0.15) is 17.1 Å². The number of carbonyl (C=O) groups excluding carboxylic acids is 1. The second kappa shape index (κ2) is 6.29. The Labute approximate surface area is 136 Å². The molecule has 0 radical (unpaired) electrons. The Morgan fingerprint density at radius 2 is 1.71 bits per heavy atom. The third kappa shape index (κ3) is 3.12. The Balaban J connectivity index is 1.78. The zero-order valence-electron chi connectivity index (χ0n) is 12.4. The summed E-state index contributed by atoms with van der Waals surface area (Å²) >= 11 is 0. The second-order valence-electron chi connectivity index (χ2n) is 5.03. The van der Waals surface area contributed by atoms with Gasteiger partial charge in [0.15, 0.2) is 0 Å². The summed E-state index contributed by atoms with van der Waals surface area (Å²) in [5.74, 6) is -1.29.